The topological polar surface area (TPSA) is 15.9 Å². The molecule has 8 heterocycles. The van der Waals surface area contributed by atoms with Gasteiger partial charge in [0.25, 0.3) is 0 Å². The Balaban J connectivity index is 1.62. The molecule has 1 spiro atoms. The van der Waals surface area contributed by atoms with Gasteiger partial charge in [0.1, 0.15) is 0 Å². The van der Waals surface area contributed by atoms with Crippen LogP contribution in [0, 0.1) is 31.1 Å². The first-order valence-electron chi connectivity index (χ1n) is 15.6. The molecule has 0 radical (unpaired) electrons. The molecule has 0 saturated carbocycles. The molecular formula is C36H44N4+2. The van der Waals surface area contributed by atoms with Crippen molar-refractivity contribution in [2.24, 2.45) is 17.3 Å². The maximum atomic E-state index is 2.80. The van der Waals surface area contributed by atoms with Gasteiger partial charge in [0.15, 0.2) is 11.4 Å². The van der Waals surface area contributed by atoms with Gasteiger partial charge in [-0.05, 0) is 74.1 Å². The Morgan fingerprint density at radius 3 is 2.40 bits per heavy atom. The lowest BCUT2D eigenvalue weighted by Gasteiger charge is -2.38. The average Bonchev–Trinajstić information content (AvgIpc) is 3.55. The highest BCUT2D eigenvalue weighted by Crippen LogP contribution is 2.54. The molecule has 6 aliphatic heterocycles. The third kappa shape index (κ3) is 2.52. The predicted molar refractivity (Wildman–Crippen MR) is 165 cm³/mol. The summed E-state index contributed by atoms with van der Waals surface area (Å²) in [5.41, 5.74) is 16.2. The largest absolute Gasteiger partial charge is 0.553 e. The highest BCUT2D eigenvalue weighted by molar-refractivity contribution is 6.20. The number of allylic oxidation sites excluding steroid dienone is 3. The summed E-state index contributed by atoms with van der Waals surface area (Å²) in [7, 11) is 0. The Kier molecular flexibility index (Phi) is 4.54. The summed E-state index contributed by atoms with van der Waals surface area (Å²) in [6.07, 6.45) is 13.5. The van der Waals surface area contributed by atoms with Crippen LogP contribution < -0.4 is 10.7 Å². The van der Waals surface area contributed by atoms with Gasteiger partial charge in [-0.15, -0.1) is 0 Å². The molecule has 0 saturated heterocycles. The Labute approximate surface area is 238 Å². The molecule has 1 unspecified atom stereocenters. The minimum absolute atomic E-state index is 0.254. The van der Waals surface area contributed by atoms with Crippen molar-refractivity contribution in [2.75, 3.05) is 0 Å². The number of aromatic nitrogens is 2. The highest BCUT2D eigenvalue weighted by atomic mass is 15.6. The smallest absolute Gasteiger partial charge is 0.199 e. The second-order valence-electron chi connectivity index (χ2n) is 14.5. The zero-order valence-electron chi connectivity index (χ0n) is 26.0. The van der Waals surface area contributed by atoms with Gasteiger partial charge in [-0.2, -0.15) is 9.13 Å². The zero-order valence-corrected chi connectivity index (χ0v) is 26.0. The molecule has 4 atom stereocenters. The number of hydrogen-bond donors (Lipinski definition) is 0. The Bertz CT molecular complexity index is 1880. The second kappa shape index (κ2) is 7.38. The summed E-state index contributed by atoms with van der Waals surface area (Å²) in [5.74, 6) is 0.952. The Morgan fingerprint density at radius 1 is 0.975 bits per heavy atom. The van der Waals surface area contributed by atoms with Gasteiger partial charge in [0, 0.05) is 35.5 Å². The molecule has 0 aromatic carbocycles. The Hall–Kier alpha value is -3.14. The quantitative estimate of drug-likeness (QED) is 0.418. The van der Waals surface area contributed by atoms with E-state index in [0.29, 0.717) is 17.8 Å². The van der Waals surface area contributed by atoms with Crippen molar-refractivity contribution < 1.29 is 9.15 Å². The first kappa shape index (κ1) is 24.6. The summed E-state index contributed by atoms with van der Waals surface area (Å²) in [5, 5.41) is 2.71. The van der Waals surface area contributed by atoms with E-state index in [2.05, 4.69) is 118 Å². The van der Waals surface area contributed by atoms with Gasteiger partial charge in [-0.3, -0.25) is 0 Å². The summed E-state index contributed by atoms with van der Waals surface area (Å²) in [6.45, 7) is 23.9. The van der Waals surface area contributed by atoms with Crippen molar-refractivity contribution in [3.05, 3.63) is 67.4 Å². The lowest BCUT2D eigenvalue weighted by atomic mass is 9.77. The fraction of sp³-hybridized carbons (Fsp3) is 0.500. The van der Waals surface area contributed by atoms with Crippen LogP contribution >= 0.6 is 0 Å². The van der Waals surface area contributed by atoms with Crippen LogP contribution in [0.15, 0.2) is 28.6 Å². The lowest BCUT2D eigenvalue weighted by molar-refractivity contribution is -0.836. The molecule has 0 fully saturated rings. The van der Waals surface area contributed by atoms with Crippen molar-refractivity contribution in [2.45, 2.75) is 100 Å². The van der Waals surface area contributed by atoms with E-state index in [-0.39, 0.29) is 5.41 Å². The van der Waals surface area contributed by atoms with Crippen LogP contribution in [0.25, 0.3) is 24.3 Å². The number of nitrogens with zero attached hydrogens (tertiary/aromatic N) is 4. The molecule has 2 aromatic heterocycles. The predicted octanol–water partition coefficient (Wildman–Crippen LogP) is 6.18. The van der Waals surface area contributed by atoms with E-state index in [0.717, 1.165) is 12.8 Å². The fourth-order valence-electron chi connectivity index (χ4n) is 9.17. The summed E-state index contributed by atoms with van der Waals surface area (Å²) in [4.78, 5) is 0. The number of hydrogen-bond acceptors (Lipinski definition) is 0. The van der Waals surface area contributed by atoms with Crippen molar-refractivity contribution in [1.29, 1.82) is 0 Å². The van der Waals surface area contributed by atoms with Crippen molar-refractivity contribution >= 4 is 35.7 Å². The van der Waals surface area contributed by atoms with E-state index < -0.39 is 5.91 Å². The molecular weight excluding hydrogens is 488 g/mol. The van der Waals surface area contributed by atoms with Crippen molar-refractivity contribution in [1.82, 2.24) is 9.13 Å². The molecule has 40 heavy (non-hydrogen) atoms. The zero-order chi connectivity index (χ0) is 28.2. The van der Waals surface area contributed by atoms with Gasteiger partial charge in [-0.1, -0.05) is 57.6 Å². The molecule has 0 N–H and O–H groups in total. The molecule has 206 valence electrons. The first-order chi connectivity index (χ1) is 18.9. The molecule has 0 amide bonds. The number of rotatable bonds is 4. The fourth-order valence-corrected chi connectivity index (χ4v) is 9.17. The minimum Gasteiger partial charge on any atom is -0.199 e. The molecule has 0 bridgehead atoms. The maximum absolute atomic E-state index is 2.80. The molecule has 4 heteroatoms. The third-order valence-electron chi connectivity index (χ3n) is 11.0. The van der Waals surface area contributed by atoms with Crippen LogP contribution in [0.3, 0.4) is 0 Å². The maximum Gasteiger partial charge on any atom is 0.553 e. The van der Waals surface area contributed by atoms with E-state index in [4.69, 9.17) is 0 Å². The molecule has 6 aliphatic rings. The van der Waals surface area contributed by atoms with Gasteiger partial charge >= 0.3 is 5.91 Å². The van der Waals surface area contributed by atoms with Crippen LogP contribution in [0.5, 0.6) is 0 Å². The molecule has 2 aromatic rings. The standard InChI is InChI=1S/C36H44N4/c1-11-19(3)34-23(7)30-16-28-22(6)26(18-35(8,9)10)31-14-24-13-20(4)27-15-32-25(12-2)21(5)29-17-33(34)40(30)36(37(24)27,38(28)31)39(29)32/h13-17,19,22,26H,11-12,18H2,1-10H3/q+2/t19-,22?,26+,36+/m1/s1. The van der Waals surface area contributed by atoms with E-state index in [9.17, 15) is 0 Å². The van der Waals surface area contributed by atoms with Crippen LogP contribution in [-0.4, -0.2) is 29.7 Å². The van der Waals surface area contributed by atoms with E-state index in [1.807, 2.05) is 0 Å². The monoisotopic (exact) mass is 532 g/mol. The van der Waals surface area contributed by atoms with E-state index in [1.165, 1.54) is 79.2 Å². The van der Waals surface area contributed by atoms with Crippen molar-refractivity contribution in [3.8, 4) is 0 Å². The van der Waals surface area contributed by atoms with E-state index >= 15 is 0 Å². The van der Waals surface area contributed by atoms with E-state index in [1.54, 1.807) is 0 Å². The summed E-state index contributed by atoms with van der Waals surface area (Å²) in [6, 6.07) is 2.45. The summed E-state index contributed by atoms with van der Waals surface area (Å²) < 4.78 is 11.0. The lowest BCUT2D eigenvalue weighted by Crippen LogP contribution is -2.70. The summed E-state index contributed by atoms with van der Waals surface area (Å²) >= 11 is 0. The first-order valence-corrected chi connectivity index (χ1v) is 15.6. The van der Waals surface area contributed by atoms with Gasteiger partial charge in [0.05, 0.1) is 33.9 Å². The van der Waals surface area contributed by atoms with Crippen molar-refractivity contribution in [3.63, 3.8) is 0 Å². The average molecular weight is 533 g/mol. The molecule has 0 aliphatic carbocycles. The Morgan fingerprint density at radius 2 is 1.73 bits per heavy atom. The normalized spacial score (nSPS) is 27.4. The minimum atomic E-state index is -0.499. The highest BCUT2D eigenvalue weighted by Gasteiger charge is 2.73. The van der Waals surface area contributed by atoms with Gasteiger partial charge < -0.3 is 0 Å². The van der Waals surface area contributed by atoms with Crippen LogP contribution in [0.1, 0.15) is 109 Å². The van der Waals surface area contributed by atoms with Crippen LogP contribution in [-0.2, 0) is 5.91 Å². The molecule has 8 rings (SSSR count). The van der Waals surface area contributed by atoms with Gasteiger partial charge in [0.2, 0.25) is 11.4 Å². The van der Waals surface area contributed by atoms with Crippen LogP contribution in [0.2, 0.25) is 0 Å². The van der Waals surface area contributed by atoms with Crippen LogP contribution in [0.4, 0.5) is 0 Å². The second-order valence-corrected chi connectivity index (χ2v) is 14.5. The SMILES string of the molecule is CCC1=C(C)C2=Cc3c([C@H](C)CC)c(C)c4n3[C@]35n6c(cc(C)c6=CC1=[N+]23)=CC1=[N+]5C(=C4)C(C)[C@@H]1CC(C)(C)C. The molecule has 4 nitrogen and oxygen atoms in total. The number of aryl methyl sites for hydroxylation is 1. The van der Waals surface area contributed by atoms with Gasteiger partial charge in [-0.25, -0.2) is 0 Å². The third-order valence-corrected chi connectivity index (χ3v) is 11.0.